The second kappa shape index (κ2) is 3.87. The van der Waals surface area contributed by atoms with E-state index in [9.17, 15) is 0 Å². The molecule has 0 saturated heterocycles. The number of rotatable bonds is 3. The SMILES string of the molecule is [CH2]NC(C)OC(C)C. The van der Waals surface area contributed by atoms with Crippen molar-refractivity contribution < 1.29 is 4.74 Å². The molecule has 0 fully saturated rings. The van der Waals surface area contributed by atoms with E-state index in [4.69, 9.17) is 4.74 Å². The van der Waals surface area contributed by atoms with Crippen LogP contribution in [0.15, 0.2) is 0 Å². The Morgan fingerprint density at radius 1 is 1.38 bits per heavy atom. The predicted octanol–water partition coefficient (Wildman–Crippen LogP) is 1.14. The van der Waals surface area contributed by atoms with E-state index >= 15 is 0 Å². The summed E-state index contributed by atoms with van der Waals surface area (Å²) in [5, 5.41) is 2.72. The molecule has 0 aromatic carbocycles. The Bertz CT molecular complexity index is 54.5. The molecule has 1 N–H and O–H groups in total. The van der Waals surface area contributed by atoms with Crippen molar-refractivity contribution >= 4 is 0 Å². The summed E-state index contributed by atoms with van der Waals surface area (Å²) in [7, 11) is 3.46. The molecule has 0 rings (SSSR count). The predicted molar refractivity (Wildman–Crippen MR) is 34.2 cm³/mol. The third-order valence-corrected chi connectivity index (χ3v) is 0.764. The van der Waals surface area contributed by atoms with E-state index in [-0.39, 0.29) is 12.3 Å². The van der Waals surface area contributed by atoms with Gasteiger partial charge >= 0.3 is 0 Å². The Morgan fingerprint density at radius 3 is 2.00 bits per heavy atom. The molecule has 0 aliphatic heterocycles. The minimum Gasteiger partial charge on any atom is -0.361 e. The van der Waals surface area contributed by atoms with E-state index < -0.39 is 0 Å². The maximum atomic E-state index is 5.23. The summed E-state index contributed by atoms with van der Waals surface area (Å²) in [6, 6.07) is 0. The average Bonchev–Trinajstić information content (AvgIpc) is 1.65. The highest BCUT2D eigenvalue weighted by atomic mass is 16.5. The molecular formula is C6H14NO. The summed E-state index contributed by atoms with van der Waals surface area (Å²) in [5.41, 5.74) is 0. The second-order valence-corrected chi connectivity index (χ2v) is 2.03. The van der Waals surface area contributed by atoms with Crippen LogP contribution in [-0.4, -0.2) is 12.3 Å². The van der Waals surface area contributed by atoms with Crippen LogP contribution in [0.25, 0.3) is 0 Å². The van der Waals surface area contributed by atoms with Crippen molar-refractivity contribution in [1.29, 1.82) is 0 Å². The van der Waals surface area contributed by atoms with Gasteiger partial charge in [0.25, 0.3) is 0 Å². The van der Waals surface area contributed by atoms with Gasteiger partial charge in [-0.25, -0.2) is 0 Å². The highest BCUT2D eigenvalue weighted by Gasteiger charge is 1.98. The molecule has 2 nitrogen and oxygen atoms in total. The lowest BCUT2D eigenvalue weighted by Gasteiger charge is -2.13. The quantitative estimate of drug-likeness (QED) is 0.558. The Hall–Kier alpha value is -0.0800. The first-order valence-corrected chi connectivity index (χ1v) is 2.85. The van der Waals surface area contributed by atoms with Gasteiger partial charge in [0.05, 0.1) is 6.10 Å². The average molecular weight is 116 g/mol. The lowest BCUT2D eigenvalue weighted by Crippen LogP contribution is -2.25. The lowest BCUT2D eigenvalue weighted by atomic mass is 10.5. The molecular weight excluding hydrogens is 102 g/mol. The fourth-order valence-electron chi connectivity index (χ4n) is 0.456. The van der Waals surface area contributed by atoms with Crippen molar-refractivity contribution in [3.63, 3.8) is 0 Å². The standard InChI is InChI=1S/C6H14NO/c1-5(2)8-6(3)7-4/h5-7H,4H2,1-3H3. The fourth-order valence-corrected chi connectivity index (χ4v) is 0.456. The van der Waals surface area contributed by atoms with Crippen LogP contribution in [0, 0.1) is 7.05 Å². The van der Waals surface area contributed by atoms with Crippen LogP contribution >= 0.6 is 0 Å². The molecule has 0 bridgehead atoms. The number of nitrogens with one attached hydrogen (secondary N) is 1. The van der Waals surface area contributed by atoms with Gasteiger partial charge in [0.2, 0.25) is 0 Å². The van der Waals surface area contributed by atoms with E-state index in [0.29, 0.717) is 0 Å². The highest BCUT2D eigenvalue weighted by Crippen LogP contribution is 1.91. The van der Waals surface area contributed by atoms with Gasteiger partial charge in [0.1, 0.15) is 6.23 Å². The Balaban J connectivity index is 3.10. The second-order valence-electron chi connectivity index (χ2n) is 2.03. The van der Waals surface area contributed by atoms with E-state index in [1.807, 2.05) is 20.8 Å². The van der Waals surface area contributed by atoms with Crippen LogP contribution in [-0.2, 0) is 4.74 Å². The normalized spacial score (nSPS) is 14.6. The van der Waals surface area contributed by atoms with Gasteiger partial charge in [0.15, 0.2) is 0 Å². The maximum Gasteiger partial charge on any atom is 0.105 e. The van der Waals surface area contributed by atoms with Crippen LogP contribution in [0.4, 0.5) is 0 Å². The molecule has 2 heteroatoms. The molecule has 0 heterocycles. The molecule has 0 aromatic rings. The lowest BCUT2D eigenvalue weighted by molar-refractivity contribution is 0.00680. The van der Waals surface area contributed by atoms with Gasteiger partial charge in [-0.15, -0.1) is 0 Å². The number of hydrogen-bond acceptors (Lipinski definition) is 2. The molecule has 0 aliphatic carbocycles. The molecule has 49 valence electrons. The Labute approximate surface area is 51.2 Å². The Morgan fingerprint density at radius 2 is 1.88 bits per heavy atom. The van der Waals surface area contributed by atoms with Gasteiger partial charge < -0.3 is 4.74 Å². The van der Waals surface area contributed by atoms with Gasteiger partial charge in [-0.2, -0.15) is 0 Å². The molecule has 8 heavy (non-hydrogen) atoms. The molecule has 1 atom stereocenters. The molecule has 1 unspecified atom stereocenters. The summed E-state index contributed by atoms with van der Waals surface area (Å²) in [6.07, 6.45) is 0.342. The van der Waals surface area contributed by atoms with Crippen LogP contribution in [0.3, 0.4) is 0 Å². The minimum atomic E-state index is 0.0648. The zero-order valence-corrected chi connectivity index (χ0v) is 5.77. The third-order valence-electron chi connectivity index (χ3n) is 0.764. The minimum absolute atomic E-state index is 0.0648. The number of ether oxygens (including phenoxy) is 1. The first-order chi connectivity index (χ1) is 3.66. The van der Waals surface area contributed by atoms with Crippen LogP contribution in [0.2, 0.25) is 0 Å². The molecule has 0 spiro atoms. The first kappa shape index (κ1) is 7.92. The summed E-state index contributed by atoms with van der Waals surface area (Å²) in [5.74, 6) is 0. The summed E-state index contributed by atoms with van der Waals surface area (Å²) < 4.78 is 5.23. The van der Waals surface area contributed by atoms with Crippen molar-refractivity contribution in [3.05, 3.63) is 7.05 Å². The molecule has 0 saturated carbocycles. The van der Waals surface area contributed by atoms with Crippen LogP contribution < -0.4 is 5.32 Å². The van der Waals surface area contributed by atoms with Crippen molar-refractivity contribution in [1.82, 2.24) is 5.32 Å². The van der Waals surface area contributed by atoms with Crippen LogP contribution in [0.5, 0.6) is 0 Å². The number of hydrogen-bond donors (Lipinski definition) is 1. The monoisotopic (exact) mass is 116 g/mol. The highest BCUT2D eigenvalue weighted by molar-refractivity contribution is 4.46. The Kier molecular flexibility index (Phi) is 3.83. The first-order valence-electron chi connectivity index (χ1n) is 2.85. The van der Waals surface area contributed by atoms with Crippen LogP contribution in [0.1, 0.15) is 20.8 Å². The maximum absolute atomic E-state index is 5.23. The van der Waals surface area contributed by atoms with Crippen molar-refractivity contribution in [2.45, 2.75) is 33.1 Å². The van der Waals surface area contributed by atoms with Gasteiger partial charge in [-0.05, 0) is 20.8 Å². The smallest absolute Gasteiger partial charge is 0.105 e. The summed E-state index contributed by atoms with van der Waals surface area (Å²) in [4.78, 5) is 0. The van der Waals surface area contributed by atoms with Crippen molar-refractivity contribution in [2.24, 2.45) is 0 Å². The molecule has 0 aliphatic rings. The molecule has 1 radical (unpaired) electrons. The van der Waals surface area contributed by atoms with E-state index in [1.165, 1.54) is 0 Å². The third kappa shape index (κ3) is 4.09. The largest absolute Gasteiger partial charge is 0.361 e. The van der Waals surface area contributed by atoms with Gasteiger partial charge in [0, 0.05) is 7.05 Å². The fraction of sp³-hybridized carbons (Fsp3) is 0.833. The van der Waals surface area contributed by atoms with Crippen molar-refractivity contribution in [3.8, 4) is 0 Å². The molecule has 0 amide bonds. The van der Waals surface area contributed by atoms with Crippen molar-refractivity contribution in [2.75, 3.05) is 0 Å². The topological polar surface area (TPSA) is 21.3 Å². The van der Waals surface area contributed by atoms with E-state index in [2.05, 4.69) is 12.4 Å². The zero-order valence-electron chi connectivity index (χ0n) is 5.77. The molecule has 0 aromatic heterocycles. The summed E-state index contributed by atoms with van der Waals surface area (Å²) in [6.45, 7) is 5.91. The van der Waals surface area contributed by atoms with E-state index in [1.54, 1.807) is 0 Å². The van der Waals surface area contributed by atoms with Gasteiger partial charge in [-0.1, -0.05) is 0 Å². The zero-order chi connectivity index (χ0) is 6.57. The van der Waals surface area contributed by atoms with E-state index in [0.717, 1.165) is 0 Å². The van der Waals surface area contributed by atoms with Gasteiger partial charge in [-0.3, -0.25) is 5.32 Å². The summed E-state index contributed by atoms with van der Waals surface area (Å²) >= 11 is 0.